The van der Waals surface area contributed by atoms with Crippen molar-refractivity contribution in [3.05, 3.63) is 81.8 Å². The van der Waals surface area contributed by atoms with Crippen LogP contribution in [-0.2, 0) is 9.59 Å². The molecular weight excluding hydrogens is 503 g/mol. The number of carbonyl (C=O) groups excluding carboxylic acids is 2. The van der Waals surface area contributed by atoms with Crippen molar-refractivity contribution in [3.8, 4) is 11.8 Å². The molecule has 1 saturated carbocycles. The van der Waals surface area contributed by atoms with E-state index in [0.29, 0.717) is 22.2 Å². The van der Waals surface area contributed by atoms with Crippen LogP contribution in [0.2, 0.25) is 0 Å². The molecule has 2 aliphatic rings. The minimum Gasteiger partial charge on any atom is -0.495 e. The van der Waals surface area contributed by atoms with Gasteiger partial charge in [-0.3, -0.25) is 9.59 Å². The summed E-state index contributed by atoms with van der Waals surface area (Å²) in [5.41, 5.74) is 1.53. The first-order valence-corrected chi connectivity index (χ1v) is 13.6. The van der Waals surface area contributed by atoms with Gasteiger partial charge in [-0.2, -0.15) is 5.26 Å². The first-order chi connectivity index (χ1) is 18.4. The van der Waals surface area contributed by atoms with Gasteiger partial charge in [-0.05, 0) is 38.0 Å². The topological polar surface area (TPSA) is 103 Å². The first-order valence-electron chi connectivity index (χ1n) is 12.7. The molecule has 2 amide bonds. The SMILES string of the molecule is COc1ccccc1NC(=O)C1=C(C)NC(SCC(=O)NC2CCCCC2)=C(C#N)[C@H]1c1ccccc1F. The molecule has 0 unspecified atom stereocenters. The van der Waals surface area contributed by atoms with E-state index in [4.69, 9.17) is 4.74 Å². The lowest BCUT2D eigenvalue weighted by atomic mass is 9.82. The molecule has 4 rings (SSSR count). The van der Waals surface area contributed by atoms with Gasteiger partial charge in [0, 0.05) is 22.9 Å². The van der Waals surface area contributed by atoms with Crippen molar-refractivity contribution in [2.24, 2.45) is 0 Å². The summed E-state index contributed by atoms with van der Waals surface area (Å²) in [6, 6.07) is 15.5. The van der Waals surface area contributed by atoms with Crippen LogP contribution in [0.15, 0.2) is 70.4 Å². The molecule has 1 aliphatic carbocycles. The Kier molecular flexibility index (Phi) is 9.08. The van der Waals surface area contributed by atoms with Gasteiger partial charge in [-0.1, -0.05) is 61.4 Å². The third-order valence-electron chi connectivity index (χ3n) is 6.78. The Bertz CT molecular complexity index is 1310. The molecular formula is C29H31FN4O3S. The van der Waals surface area contributed by atoms with Gasteiger partial charge in [0.2, 0.25) is 5.91 Å². The molecule has 198 valence electrons. The fourth-order valence-electron chi connectivity index (χ4n) is 4.94. The zero-order valence-corrected chi connectivity index (χ0v) is 22.3. The highest BCUT2D eigenvalue weighted by Crippen LogP contribution is 2.42. The van der Waals surface area contributed by atoms with Gasteiger partial charge in [0.25, 0.3) is 5.91 Å². The molecule has 0 bridgehead atoms. The smallest absolute Gasteiger partial charge is 0.254 e. The largest absolute Gasteiger partial charge is 0.495 e. The van der Waals surface area contributed by atoms with E-state index in [9.17, 15) is 14.9 Å². The Balaban J connectivity index is 1.63. The van der Waals surface area contributed by atoms with Crippen molar-refractivity contribution in [2.45, 2.75) is 51.0 Å². The summed E-state index contributed by atoms with van der Waals surface area (Å²) in [5.74, 6) is -1.51. The summed E-state index contributed by atoms with van der Waals surface area (Å²) in [4.78, 5) is 26.3. The van der Waals surface area contributed by atoms with Crippen molar-refractivity contribution >= 4 is 29.3 Å². The van der Waals surface area contributed by atoms with E-state index in [2.05, 4.69) is 22.0 Å². The molecule has 3 N–H and O–H groups in total. The number of ether oxygens (including phenoxy) is 1. The molecule has 0 spiro atoms. The number of anilines is 1. The summed E-state index contributed by atoms with van der Waals surface area (Å²) in [6.45, 7) is 1.71. The zero-order valence-electron chi connectivity index (χ0n) is 21.5. The summed E-state index contributed by atoms with van der Waals surface area (Å²) in [6.07, 6.45) is 5.36. The van der Waals surface area contributed by atoms with Gasteiger partial charge < -0.3 is 20.7 Å². The number of thioether (sulfide) groups is 1. The van der Waals surface area contributed by atoms with Crippen molar-refractivity contribution in [3.63, 3.8) is 0 Å². The van der Waals surface area contributed by atoms with Crippen molar-refractivity contribution < 1.29 is 18.7 Å². The lowest BCUT2D eigenvalue weighted by molar-refractivity contribution is -0.119. The Hall–Kier alpha value is -3.77. The predicted molar refractivity (Wildman–Crippen MR) is 147 cm³/mol. The van der Waals surface area contributed by atoms with Gasteiger partial charge in [0.05, 0.1) is 41.1 Å². The van der Waals surface area contributed by atoms with Gasteiger partial charge >= 0.3 is 0 Å². The van der Waals surface area contributed by atoms with Gasteiger partial charge in [0.15, 0.2) is 0 Å². The van der Waals surface area contributed by atoms with Crippen LogP contribution in [0.25, 0.3) is 0 Å². The minimum absolute atomic E-state index is 0.101. The van der Waals surface area contributed by atoms with E-state index in [0.717, 1.165) is 25.7 Å². The number of halogens is 1. The second-order valence-electron chi connectivity index (χ2n) is 9.32. The van der Waals surface area contributed by atoms with Crippen molar-refractivity contribution in [2.75, 3.05) is 18.2 Å². The fraction of sp³-hybridized carbons (Fsp3) is 0.345. The van der Waals surface area contributed by atoms with Gasteiger partial charge in [-0.15, -0.1) is 0 Å². The van der Waals surface area contributed by atoms with Crippen molar-refractivity contribution in [1.82, 2.24) is 10.6 Å². The fourth-order valence-corrected chi connectivity index (χ4v) is 5.84. The number of rotatable bonds is 8. The average molecular weight is 535 g/mol. The number of allylic oxidation sites excluding steroid dienone is 2. The molecule has 1 fully saturated rings. The molecule has 1 atom stereocenters. The van der Waals surface area contributed by atoms with Crippen LogP contribution in [-0.4, -0.2) is 30.7 Å². The number of carbonyl (C=O) groups is 2. The van der Waals surface area contributed by atoms with E-state index in [-0.39, 0.29) is 34.4 Å². The summed E-state index contributed by atoms with van der Waals surface area (Å²) in [7, 11) is 1.50. The second-order valence-corrected chi connectivity index (χ2v) is 10.3. The second kappa shape index (κ2) is 12.7. The minimum atomic E-state index is -0.957. The molecule has 9 heteroatoms. The number of benzene rings is 2. The van der Waals surface area contributed by atoms with Crippen LogP contribution >= 0.6 is 11.8 Å². The van der Waals surface area contributed by atoms with E-state index in [1.54, 1.807) is 49.4 Å². The summed E-state index contributed by atoms with van der Waals surface area (Å²) in [5, 5.41) is 19.7. The summed E-state index contributed by atoms with van der Waals surface area (Å²) < 4.78 is 20.4. The number of nitriles is 1. The highest BCUT2D eigenvalue weighted by molar-refractivity contribution is 8.03. The third-order valence-corrected chi connectivity index (χ3v) is 7.80. The van der Waals surface area contributed by atoms with Gasteiger partial charge in [0.1, 0.15) is 11.6 Å². The Labute approximate surface area is 226 Å². The Morgan fingerprint density at radius 3 is 2.55 bits per heavy atom. The molecule has 2 aromatic rings. The van der Waals surface area contributed by atoms with E-state index in [1.165, 1.54) is 31.4 Å². The monoisotopic (exact) mass is 534 g/mol. The van der Waals surface area contributed by atoms with Crippen LogP contribution in [0.1, 0.15) is 50.5 Å². The molecule has 7 nitrogen and oxygen atoms in total. The standard InChI is InChI=1S/C29H31FN4O3S/c1-18-26(28(36)34-23-14-8-9-15-24(23)37-2)27(20-12-6-7-13-22(20)30)21(16-31)29(32-18)38-17-25(35)33-19-10-4-3-5-11-19/h6-9,12-15,19,27,32H,3-5,10-11,17H2,1-2H3,(H,33,35)(H,34,36)/t27-/m1/s1. The van der Waals surface area contributed by atoms with Crippen LogP contribution in [0.5, 0.6) is 5.75 Å². The number of para-hydroxylation sites is 2. The highest BCUT2D eigenvalue weighted by atomic mass is 32.2. The number of methoxy groups -OCH3 is 1. The lowest BCUT2D eigenvalue weighted by Gasteiger charge is -2.30. The van der Waals surface area contributed by atoms with Crippen LogP contribution in [0.4, 0.5) is 10.1 Å². The van der Waals surface area contributed by atoms with Crippen LogP contribution < -0.4 is 20.7 Å². The quantitative estimate of drug-likeness (QED) is 0.422. The number of hydrogen-bond acceptors (Lipinski definition) is 6. The number of nitrogens with one attached hydrogen (secondary N) is 3. The average Bonchev–Trinajstić information content (AvgIpc) is 2.92. The first kappa shape index (κ1) is 27.3. The number of nitrogens with zero attached hydrogens (tertiary/aromatic N) is 1. The molecule has 38 heavy (non-hydrogen) atoms. The molecule has 2 aromatic carbocycles. The number of hydrogen-bond donors (Lipinski definition) is 3. The van der Waals surface area contributed by atoms with Crippen LogP contribution in [0.3, 0.4) is 0 Å². The molecule has 1 aliphatic heterocycles. The lowest BCUT2D eigenvalue weighted by Crippen LogP contribution is -2.37. The van der Waals surface area contributed by atoms with Crippen molar-refractivity contribution in [1.29, 1.82) is 5.26 Å². The van der Waals surface area contributed by atoms with Crippen LogP contribution in [0, 0.1) is 17.1 Å². The zero-order chi connectivity index (χ0) is 27.1. The normalized spacial score (nSPS) is 17.9. The molecule has 0 aromatic heterocycles. The maximum Gasteiger partial charge on any atom is 0.254 e. The number of dihydropyridines is 1. The number of amides is 2. The predicted octanol–water partition coefficient (Wildman–Crippen LogP) is 5.35. The molecule has 0 radical (unpaired) electrons. The van der Waals surface area contributed by atoms with E-state index in [1.807, 2.05) is 0 Å². The molecule has 0 saturated heterocycles. The summed E-state index contributed by atoms with van der Waals surface area (Å²) >= 11 is 1.18. The highest BCUT2D eigenvalue weighted by Gasteiger charge is 2.36. The van der Waals surface area contributed by atoms with E-state index < -0.39 is 17.6 Å². The maximum atomic E-state index is 15.1. The van der Waals surface area contributed by atoms with Gasteiger partial charge in [-0.25, -0.2) is 4.39 Å². The Morgan fingerprint density at radius 1 is 1.13 bits per heavy atom. The maximum absolute atomic E-state index is 15.1. The van der Waals surface area contributed by atoms with E-state index >= 15 is 4.39 Å². The third kappa shape index (κ3) is 6.20. The molecule has 1 heterocycles. The Morgan fingerprint density at radius 2 is 1.84 bits per heavy atom.